The molecule has 0 aromatic rings. The molecule has 93 valence electrons. The zero-order valence-corrected chi connectivity index (χ0v) is 10.5. The number of nitrogens with zero attached hydrogens (tertiary/aromatic N) is 1. The fourth-order valence-corrected chi connectivity index (χ4v) is 1.90. The second-order valence-electron chi connectivity index (χ2n) is 5.40. The number of piperidine rings is 1. The number of rotatable bonds is 2. The van der Waals surface area contributed by atoms with Crippen molar-refractivity contribution < 1.29 is 14.6 Å². The van der Waals surface area contributed by atoms with Crippen molar-refractivity contribution in [2.24, 2.45) is 5.92 Å². The number of ether oxygens (including phenoxy) is 1. The third-order valence-electron chi connectivity index (χ3n) is 2.79. The maximum atomic E-state index is 11.7. The summed E-state index contributed by atoms with van der Waals surface area (Å²) in [7, 11) is 0. The topological polar surface area (TPSA) is 49.4 Å². The van der Waals surface area contributed by atoms with E-state index in [2.05, 4.69) is 0 Å². The van der Waals surface area contributed by atoms with E-state index in [1.165, 1.54) is 0 Å². The highest BCUT2D eigenvalue weighted by molar-refractivity contribution is 5.68. The lowest BCUT2D eigenvalue weighted by molar-refractivity contribution is 0.0171. The third kappa shape index (κ3) is 4.39. The van der Waals surface area contributed by atoms with Crippen molar-refractivity contribution in [2.45, 2.75) is 45.6 Å². The minimum absolute atomic E-state index is 0.00287. The minimum Gasteiger partial charge on any atom is -0.444 e. The molecule has 1 radical (unpaired) electrons. The Kier molecular flexibility index (Phi) is 4.59. The van der Waals surface area contributed by atoms with Gasteiger partial charge in [0, 0.05) is 13.1 Å². The molecule has 0 N–H and O–H groups in total. The zero-order valence-electron chi connectivity index (χ0n) is 10.5. The second-order valence-corrected chi connectivity index (χ2v) is 5.40. The van der Waals surface area contributed by atoms with Crippen molar-refractivity contribution in [1.82, 2.24) is 4.90 Å². The molecule has 1 amide bonds. The highest BCUT2D eigenvalue weighted by Gasteiger charge is 2.26. The highest BCUT2D eigenvalue weighted by atomic mass is 16.6. The SMILES string of the molecule is CC(C)(C)OC(=O)N1CCC(CC[O])CC1. The summed E-state index contributed by atoms with van der Waals surface area (Å²) in [5.41, 5.74) is -0.428. The van der Waals surface area contributed by atoms with Gasteiger partial charge in [0.25, 0.3) is 0 Å². The highest BCUT2D eigenvalue weighted by Crippen LogP contribution is 2.21. The van der Waals surface area contributed by atoms with Gasteiger partial charge in [-0.05, 0) is 46.0 Å². The Morgan fingerprint density at radius 3 is 2.31 bits per heavy atom. The number of hydrogen-bond donors (Lipinski definition) is 0. The number of amides is 1. The number of likely N-dealkylation sites (tertiary alicyclic amines) is 1. The summed E-state index contributed by atoms with van der Waals surface area (Å²) in [5, 5.41) is 10.5. The van der Waals surface area contributed by atoms with Crippen LogP contribution in [0.4, 0.5) is 4.79 Å². The van der Waals surface area contributed by atoms with Gasteiger partial charge in [-0.3, -0.25) is 0 Å². The molecule has 1 saturated heterocycles. The smallest absolute Gasteiger partial charge is 0.410 e. The molecule has 0 aromatic carbocycles. The summed E-state index contributed by atoms with van der Waals surface area (Å²) in [6.07, 6.45) is 2.37. The molecule has 0 atom stereocenters. The van der Waals surface area contributed by atoms with E-state index in [4.69, 9.17) is 4.74 Å². The van der Waals surface area contributed by atoms with E-state index in [0.717, 1.165) is 32.4 Å². The summed E-state index contributed by atoms with van der Waals surface area (Å²) >= 11 is 0. The first kappa shape index (κ1) is 13.3. The van der Waals surface area contributed by atoms with Crippen molar-refractivity contribution >= 4 is 6.09 Å². The van der Waals surface area contributed by atoms with Gasteiger partial charge in [0.15, 0.2) is 0 Å². The van der Waals surface area contributed by atoms with Crippen LogP contribution in [-0.2, 0) is 9.84 Å². The fourth-order valence-electron chi connectivity index (χ4n) is 1.90. The third-order valence-corrected chi connectivity index (χ3v) is 2.79. The van der Waals surface area contributed by atoms with Gasteiger partial charge >= 0.3 is 6.09 Å². The van der Waals surface area contributed by atoms with Crippen molar-refractivity contribution in [3.8, 4) is 0 Å². The van der Waals surface area contributed by atoms with Gasteiger partial charge in [-0.2, -0.15) is 0 Å². The quantitative estimate of drug-likeness (QED) is 0.729. The van der Waals surface area contributed by atoms with Crippen molar-refractivity contribution in [3.63, 3.8) is 0 Å². The number of carbonyl (C=O) groups excluding carboxylic acids is 1. The molecule has 1 heterocycles. The van der Waals surface area contributed by atoms with Crippen LogP contribution < -0.4 is 0 Å². The predicted molar refractivity (Wildman–Crippen MR) is 60.7 cm³/mol. The molecule has 16 heavy (non-hydrogen) atoms. The maximum Gasteiger partial charge on any atom is 0.410 e. The van der Waals surface area contributed by atoms with Gasteiger partial charge in [0.1, 0.15) is 5.60 Å². The molecule has 1 aliphatic heterocycles. The van der Waals surface area contributed by atoms with Gasteiger partial charge in [0.2, 0.25) is 0 Å². The van der Waals surface area contributed by atoms with Crippen LogP contribution in [-0.4, -0.2) is 36.3 Å². The van der Waals surface area contributed by atoms with Gasteiger partial charge < -0.3 is 9.64 Å². The maximum absolute atomic E-state index is 11.7. The molecule has 0 spiro atoms. The first-order valence-corrected chi connectivity index (χ1v) is 5.98. The molecule has 0 saturated carbocycles. The average molecular weight is 228 g/mol. The van der Waals surface area contributed by atoms with E-state index in [9.17, 15) is 9.90 Å². The zero-order chi connectivity index (χ0) is 12.2. The Morgan fingerprint density at radius 2 is 1.88 bits per heavy atom. The molecule has 4 nitrogen and oxygen atoms in total. The lowest BCUT2D eigenvalue weighted by atomic mass is 9.94. The van der Waals surface area contributed by atoms with Crippen LogP contribution in [0, 0.1) is 5.92 Å². The van der Waals surface area contributed by atoms with Gasteiger partial charge in [0.05, 0.1) is 6.61 Å². The Morgan fingerprint density at radius 1 is 1.31 bits per heavy atom. The van der Waals surface area contributed by atoms with Crippen molar-refractivity contribution in [1.29, 1.82) is 0 Å². The molecule has 0 bridgehead atoms. The summed E-state index contributed by atoms with van der Waals surface area (Å²) < 4.78 is 5.30. The first-order chi connectivity index (χ1) is 7.42. The van der Waals surface area contributed by atoms with E-state index in [1.807, 2.05) is 20.8 Å². The molecule has 1 aliphatic rings. The molecular formula is C12H22NO3. The van der Waals surface area contributed by atoms with Gasteiger partial charge in [-0.1, -0.05) is 0 Å². The van der Waals surface area contributed by atoms with Crippen LogP contribution in [0.15, 0.2) is 0 Å². The van der Waals surface area contributed by atoms with E-state index < -0.39 is 5.60 Å². The van der Waals surface area contributed by atoms with Crippen LogP contribution in [0.1, 0.15) is 40.0 Å². The van der Waals surface area contributed by atoms with Crippen molar-refractivity contribution in [3.05, 3.63) is 0 Å². The van der Waals surface area contributed by atoms with E-state index in [-0.39, 0.29) is 12.7 Å². The van der Waals surface area contributed by atoms with Crippen LogP contribution in [0.5, 0.6) is 0 Å². The summed E-state index contributed by atoms with van der Waals surface area (Å²) in [6.45, 7) is 7.05. The normalized spacial score (nSPS) is 18.6. The summed E-state index contributed by atoms with van der Waals surface area (Å²) in [6, 6.07) is 0. The largest absolute Gasteiger partial charge is 0.444 e. The van der Waals surface area contributed by atoms with Crippen LogP contribution in [0.25, 0.3) is 0 Å². The molecular weight excluding hydrogens is 206 g/mol. The minimum atomic E-state index is -0.428. The standard InChI is InChI=1S/C12H22NO3/c1-12(2,3)16-11(15)13-7-4-10(5-8-13)6-9-14/h10H,4-9H2,1-3H3. The Labute approximate surface area is 97.6 Å². The lowest BCUT2D eigenvalue weighted by Crippen LogP contribution is -2.41. The van der Waals surface area contributed by atoms with Crippen LogP contribution >= 0.6 is 0 Å². The van der Waals surface area contributed by atoms with Crippen LogP contribution in [0.3, 0.4) is 0 Å². The molecule has 0 unspecified atom stereocenters. The van der Waals surface area contributed by atoms with Crippen LogP contribution in [0.2, 0.25) is 0 Å². The van der Waals surface area contributed by atoms with E-state index >= 15 is 0 Å². The average Bonchev–Trinajstić information content (AvgIpc) is 2.16. The van der Waals surface area contributed by atoms with E-state index in [0.29, 0.717) is 5.92 Å². The monoisotopic (exact) mass is 228 g/mol. The molecule has 0 aliphatic carbocycles. The summed E-state index contributed by atoms with van der Waals surface area (Å²) in [5.74, 6) is 0.496. The second kappa shape index (κ2) is 5.53. The Hall–Kier alpha value is -0.770. The predicted octanol–water partition coefficient (Wildman–Crippen LogP) is 2.45. The fraction of sp³-hybridized carbons (Fsp3) is 0.917. The molecule has 1 fully saturated rings. The van der Waals surface area contributed by atoms with Gasteiger partial charge in [-0.15, -0.1) is 0 Å². The molecule has 0 aromatic heterocycles. The first-order valence-electron chi connectivity index (χ1n) is 5.98. The molecule has 4 heteroatoms. The Balaban J connectivity index is 2.33. The van der Waals surface area contributed by atoms with Gasteiger partial charge in [-0.25, -0.2) is 9.90 Å². The summed E-state index contributed by atoms with van der Waals surface area (Å²) in [4.78, 5) is 13.5. The number of hydrogen-bond acceptors (Lipinski definition) is 2. The van der Waals surface area contributed by atoms with Crippen molar-refractivity contribution in [2.75, 3.05) is 19.7 Å². The lowest BCUT2D eigenvalue weighted by Gasteiger charge is -2.33. The Bertz CT molecular complexity index is 227. The molecule has 1 rings (SSSR count). The van der Waals surface area contributed by atoms with E-state index in [1.54, 1.807) is 4.90 Å². The number of carbonyl (C=O) groups is 1.